The van der Waals surface area contributed by atoms with Crippen LogP contribution in [0.2, 0.25) is 0 Å². The van der Waals surface area contributed by atoms with Gasteiger partial charge in [-0.1, -0.05) is 47.5 Å². The summed E-state index contributed by atoms with van der Waals surface area (Å²) in [5.74, 6) is 0.368. The summed E-state index contributed by atoms with van der Waals surface area (Å²) >= 11 is 0. The van der Waals surface area contributed by atoms with Crippen LogP contribution in [-0.2, 0) is 14.8 Å². The van der Waals surface area contributed by atoms with E-state index in [2.05, 4.69) is 5.32 Å². The molecule has 6 nitrogen and oxygen atoms in total. The zero-order valence-electron chi connectivity index (χ0n) is 20.3. The van der Waals surface area contributed by atoms with E-state index < -0.39 is 15.9 Å². The Hall–Kier alpha value is -3.32. The van der Waals surface area contributed by atoms with Crippen molar-refractivity contribution in [1.82, 2.24) is 5.32 Å². The number of nitrogens with one attached hydrogen (secondary N) is 1. The lowest BCUT2D eigenvalue weighted by molar-refractivity contribution is -0.120. The van der Waals surface area contributed by atoms with E-state index in [1.165, 1.54) is 4.31 Å². The topological polar surface area (TPSA) is 75.7 Å². The second-order valence-electron chi connectivity index (χ2n) is 8.41. The minimum atomic E-state index is -3.96. The summed E-state index contributed by atoms with van der Waals surface area (Å²) in [5, 5.41) is 2.93. The van der Waals surface area contributed by atoms with Gasteiger partial charge in [0, 0.05) is 0 Å². The van der Waals surface area contributed by atoms with Crippen molar-refractivity contribution in [2.24, 2.45) is 0 Å². The summed E-state index contributed by atoms with van der Waals surface area (Å²) in [5.41, 5.74) is 4.14. The lowest BCUT2D eigenvalue weighted by Gasteiger charge is -2.26. The Morgan fingerprint density at radius 2 is 1.56 bits per heavy atom. The molecule has 3 aromatic carbocycles. The molecule has 0 saturated carbocycles. The van der Waals surface area contributed by atoms with Crippen molar-refractivity contribution >= 4 is 21.6 Å². The molecule has 0 saturated heterocycles. The van der Waals surface area contributed by atoms with Gasteiger partial charge in [0.2, 0.25) is 5.91 Å². The van der Waals surface area contributed by atoms with Crippen molar-refractivity contribution in [2.45, 2.75) is 45.6 Å². The number of hydrogen-bond donors (Lipinski definition) is 1. The molecule has 3 rings (SSSR count). The fraction of sp³-hybridized carbons (Fsp3) is 0.296. The Kier molecular flexibility index (Phi) is 7.99. The third-order valence-corrected chi connectivity index (χ3v) is 7.36. The van der Waals surface area contributed by atoms with Gasteiger partial charge in [-0.25, -0.2) is 8.42 Å². The standard InChI is InChI=1S/C27H32N2O4S/c1-6-33-24-12-10-23(11-13-24)22(5)28-27(30)18-29(26-16-9-20(3)17-21(26)4)34(31,32)25-14-7-19(2)8-15-25/h7-17,22H,6,18H2,1-5H3,(H,28,30)/t22-/m0/s1. The van der Waals surface area contributed by atoms with Crippen LogP contribution in [0.25, 0.3) is 0 Å². The number of ether oxygens (including phenoxy) is 1. The normalized spacial score (nSPS) is 12.1. The molecule has 0 unspecified atom stereocenters. The quantitative estimate of drug-likeness (QED) is 0.463. The van der Waals surface area contributed by atoms with Gasteiger partial charge in [0.1, 0.15) is 12.3 Å². The van der Waals surface area contributed by atoms with Gasteiger partial charge >= 0.3 is 0 Å². The van der Waals surface area contributed by atoms with Gasteiger partial charge in [0.05, 0.1) is 23.2 Å². The Morgan fingerprint density at radius 3 is 2.15 bits per heavy atom. The van der Waals surface area contributed by atoms with Crippen LogP contribution in [0.4, 0.5) is 5.69 Å². The number of amides is 1. The molecule has 0 bridgehead atoms. The molecule has 0 aliphatic heterocycles. The summed E-state index contributed by atoms with van der Waals surface area (Å²) < 4.78 is 33.9. The second-order valence-corrected chi connectivity index (χ2v) is 10.3. The van der Waals surface area contributed by atoms with Gasteiger partial charge in [0.25, 0.3) is 10.0 Å². The summed E-state index contributed by atoms with van der Waals surface area (Å²) in [7, 11) is -3.96. The predicted octanol–water partition coefficient (Wildman–Crippen LogP) is 5.08. The van der Waals surface area contributed by atoms with E-state index in [0.717, 1.165) is 28.0 Å². The highest BCUT2D eigenvalue weighted by Crippen LogP contribution is 2.28. The smallest absolute Gasteiger partial charge is 0.264 e. The summed E-state index contributed by atoms with van der Waals surface area (Å²) in [4.78, 5) is 13.2. The van der Waals surface area contributed by atoms with Crippen LogP contribution in [-0.4, -0.2) is 27.5 Å². The zero-order chi connectivity index (χ0) is 24.9. The van der Waals surface area contributed by atoms with E-state index in [1.807, 2.05) is 71.0 Å². The van der Waals surface area contributed by atoms with Gasteiger partial charge in [-0.05, 0) is 76.1 Å². The molecule has 0 aliphatic rings. The third-order valence-electron chi connectivity index (χ3n) is 5.59. The molecular weight excluding hydrogens is 448 g/mol. The monoisotopic (exact) mass is 480 g/mol. The first-order valence-electron chi connectivity index (χ1n) is 11.3. The summed E-state index contributed by atoms with van der Waals surface area (Å²) in [6.45, 7) is 9.72. The molecule has 0 spiro atoms. The number of sulfonamides is 1. The van der Waals surface area contributed by atoms with Crippen molar-refractivity contribution in [1.29, 1.82) is 0 Å². The zero-order valence-corrected chi connectivity index (χ0v) is 21.1. The van der Waals surface area contributed by atoms with E-state index in [-0.39, 0.29) is 17.5 Å². The van der Waals surface area contributed by atoms with Crippen molar-refractivity contribution in [3.05, 3.63) is 89.0 Å². The second kappa shape index (κ2) is 10.7. The van der Waals surface area contributed by atoms with Crippen LogP contribution in [0.3, 0.4) is 0 Å². The van der Waals surface area contributed by atoms with Gasteiger partial charge < -0.3 is 10.1 Å². The maximum Gasteiger partial charge on any atom is 0.264 e. The van der Waals surface area contributed by atoms with E-state index in [4.69, 9.17) is 4.74 Å². The fourth-order valence-corrected chi connectivity index (χ4v) is 5.23. The van der Waals surface area contributed by atoms with E-state index in [0.29, 0.717) is 12.3 Å². The highest BCUT2D eigenvalue weighted by molar-refractivity contribution is 7.92. The fourth-order valence-electron chi connectivity index (χ4n) is 3.74. The first-order valence-corrected chi connectivity index (χ1v) is 12.7. The van der Waals surface area contributed by atoms with Crippen LogP contribution in [0.1, 0.15) is 42.1 Å². The summed E-state index contributed by atoms with van der Waals surface area (Å²) in [6.07, 6.45) is 0. The van der Waals surface area contributed by atoms with Crippen LogP contribution in [0.5, 0.6) is 5.75 Å². The largest absolute Gasteiger partial charge is 0.494 e. The number of anilines is 1. The molecule has 0 radical (unpaired) electrons. The number of carbonyl (C=O) groups is 1. The minimum Gasteiger partial charge on any atom is -0.494 e. The summed E-state index contributed by atoms with van der Waals surface area (Å²) in [6, 6.07) is 19.3. The Balaban J connectivity index is 1.87. The predicted molar refractivity (Wildman–Crippen MR) is 136 cm³/mol. The maximum atomic E-state index is 13.6. The number of hydrogen-bond acceptors (Lipinski definition) is 4. The van der Waals surface area contributed by atoms with Crippen LogP contribution in [0, 0.1) is 20.8 Å². The lowest BCUT2D eigenvalue weighted by Crippen LogP contribution is -2.42. The van der Waals surface area contributed by atoms with Gasteiger partial charge in [0.15, 0.2) is 0 Å². The molecule has 180 valence electrons. The molecular formula is C27H32N2O4S. The van der Waals surface area contributed by atoms with Crippen molar-refractivity contribution in [3.8, 4) is 5.75 Å². The maximum absolute atomic E-state index is 13.6. The molecule has 0 fully saturated rings. The number of nitrogens with zero attached hydrogens (tertiary/aromatic N) is 1. The molecule has 0 heterocycles. The number of benzene rings is 3. The lowest BCUT2D eigenvalue weighted by atomic mass is 10.1. The van der Waals surface area contributed by atoms with Gasteiger partial charge in [-0.3, -0.25) is 9.10 Å². The highest BCUT2D eigenvalue weighted by Gasteiger charge is 2.28. The van der Waals surface area contributed by atoms with Crippen LogP contribution in [0.15, 0.2) is 71.6 Å². The molecule has 1 amide bonds. The van der Waals surface area contributed by atoms with Crippen LogP contribution < -0.4 is 14.4 Å². The highest BCUT2D eigenvalue weighted by atomic mass is 32.2. The van der Waals surface area contributed by atoms with Crippen LogP contribution >= 0.6 is 0 Å². The van der Waals surface area contributed by atoms with E-state index in [1.54, 1.807) is 30.3 Å². The molecule has 34 heavy (non-hydrogen) atoms. The number of rotatable bonds is 9. The van der Waals surface area contributed by atoms with Crippen molar-refractivity contribution in [2.75, 3.05) is 17.5 Å². The van der Waals surface area contributed by atoms with Crippen molar-refractivity contribution < 1.29 is 17.9 Å². The van der Waals surface area contributed by atoms with Gasteiger partial charge in [-0.2, -0.15) is 0 Å². The average Bonchev–Trinajstić information content (AvgIpc) is 2.79. The SMILES string of the molecule is CCOc1ccc([C@H](C)NC(=O)CN(c2ccc(C)cc2C)S(=O)(=O)c2ccc(C)cc2)cc1. The van der Waals surface area contributed by atoms with E-state index in [9.17, 15) is 13.2 Å². The Labute approximate surface area is 202 Å². The first kappa shape index (κ1) is 25.3. The number of aryl methyl sites for hydroxylation is 3. The molecule has 1 N–H and O–H groups in total. The van der Waals surface area contributed by atoms with Crippen molar-refractivity contribution in [3.63, 3.8) is 0 Å². The molecule has 0 aromatic heterocycles. The van der Waals surface area contributed by atoms with E-state index >= 15 is 0 Å². The molecule has 1 atom stereocenters. The molecule has 0 aliphatic carbocycles. The number of carbonyl (C=O) groups excluding carboxylic acids is 1. The third kappa shape index (κ3) is 5.97. The first-order chi connectivity index (χ1) is 16.1. The minimum absolute atomic E-state index is 0.144. The Bertz CT molecular complexity index is 1240. The van der Waals surface area contributed by atoms with Gasteiger partial charge in [-0.15, -0.1) is 0 Å². The molecule has 3 aromatic rings. The Morgan fingerprint density at radius 1 is 0.941 bits per heavy atom. The molecule has 7 heteroatoms. The average molecular weight is 481 g/mol.